The van der Waals surface area contributed by atoms with E-state index in [-0.39, 0.29) is 12.1 Å². The molecule has 0 aliphatic rings. The Labute approximate surface area is 94.1 Å². The van der Waals surface area contributed by atoms with Crippen LogP contribution in [0.25, 0.3) is 0 Å². The highest BCUT2D eigenvalue weighted by Crippen LogP contribution is 2.17. The highest BCUT2D eigenvalue weighted by atomic mass is 19.1. The molecule has 4 heteroatoms. The van der Waals surface area contributed by atoms with E-state index in [1.807, 2.05) is 0 Å². The third kappa shape index (κ3) is 2.77. The van der Waals surface area contributed by atoms with Crippen molar-refractivity contribution in [3.05, 3.63) is 35.4 Å². The second kappa shape index (κ2) is 4.58. The van der Waals surface area contributed by atoms with Gasteiger partial charge in [0.2, 0.25) is 0 Å². The first kappa shape index (κ1) is 12.6. The molecule has 0 aliphatic carbocycles. The molecule has 2 nitrogen and oxygen atoms in total. The molecule has 0 bridgehead atoms. The van der Waals surface area contributed by atoms with Gasteiger partial charge in [0.15, 0.2) is 0 Å². The lowest BCUT2D eigenvalue weighted by molar-refractivity contribution is 0.200. The second-order valence-electron chi connectivity index (χ2n) is 4.26. The molecule has 16 heavy (non-hydrogen) atoms. The van der Waals surface area contributed by atoms with E-state index >= 15 is 0 Å². The Hall–Kier alpha value is -1.47. The van der Waals surface area contributed by atoms with Crippen molar-refractivity contribution in [1.82, 2.24) is 4.90 Å². The van der Waals surface area contributed by atoms with Gasteiger partial charge in [-0.2, -0.15) is 5.26 Å². The minimum absolute atomic E-state index is 0.199. The molecule has 0 heterocycles. The summed E-state index contributed by atoms with van der Waals surface area (Å²) in [5.41, 5.74) is -0.454. The van der Waals surface area contributed by atoms with Crippen LogP contribution < -0.4 is 0 Å². The fourth-order valence-corrected chi connectivity index (χ4v) is 1.20. The van der Waals surface area contributed by atoms with Crippen molar-refractivity contribution >= 4 is 0 Å². The van der Waals surface area contributed by atoms with Crippen LogP contribution in [0.15, 0.2) is 18.2 Å². The van der Waals surface area contributed by atoms with Crippen molar-refractivity contribution in [1.29, 1.82) is 5.26 Å². The molecule has 0 N–H and O–H groups in total. The van der Waals surface area contributed by atoms with Crippen LogP contribution >= 0.6 is 0 Å². The molecule has 0 unspecified atom stereocenters. The molecule has 0 fully saturated rings. The van der Waals surface area contributed by atoms with Crippen LogP contribution in [0, 0.1) is 23.0 Å². The van der Waals surface area contributed by atoms with Crippen LogP contribution in [0.4, 0.5) is 8.78 Å². The summed E-state index contributed by atoms with van der Waals surface area (Å²) < 4.78 is 26.3. The minimum atomic E-state index is -0.710. The smallest absolute Gasteiger partial charge is 0.127 e. The summed E-state index contributed by atoms with van der Waals surface area (Å²) in [4.78, 5) is 1.67. The Balaban J connectivity index is 2.89. The molecule has 0 saturated carbocycles. The monoisotopic (exact) mass is 224 g/mol. The van der Waals surface area contributed by atoms with Crippen LogP contribution in [0.3, 0.4) is 0 Å². The second-order valence-corrected chi connectivity index (χ2v) is 4.26. The summed E-state index contributed by atoms with van der Waals surface area (Å²) in [7, 11) is 1.70. The van der Waals surface area contributed by atoms with E-state index in [4.69, 9.17) is 5.26 Å². The summed E-state index contributed by atoms with van der Waals surface area (Å²) in [5, 5.41) is 8.91. The first-order valence-electron chi connectivity index (χ1n) is 4.93. The third-order valence-corrected chi connectivity index (χ3v) is 2.64. The van der Waals surface area contributed by atoms with Crippen LogP contribution in [0.5, 0.6) is 0 Å². The molecule has 0 spiro atoms. The van der Waals surface area contributed by atoms with E-state index in [9.17, 15) is 8.78 Å². The van der Waals surface area contributed by atoms with E-state index in [1.165, 1.54) is 0 Å². The maximum Gasteiger partial charge on any atom is 0.127 e. The first-order chi connectivity index (χ1) is 7.36. The minimum Gasteiger partial charge on any atom is -0.285 e. The van der Waals surface area contributed by atoms with E-state index in [0.29, 0.717) is 0 Å². The average Bonchev–Trinajstić information content (AvgIpc) is 2.23. The van der Waals surface area contributed by atoms with Gasteiger partial charge in [-0.3, -0.25) is 4.90 Å². The standard InChI is InChI=1S/C12H14F2N2/c1-12(2,8-15)16(3)7-9-6-10(13)4-5-11(9)14/h4-6H,7H2,1-3H3. The van der Waals surface area contributed by atoms with E-state index < -0.39 is 17.2 Å². The van der Waals surface area contributed by atoms with Crippen LogP contribution in [-0.2, 0) is 6.54 Å². The van der Waals surface area contributed by atoms with Gasteiger partial charge in [-0.25, -0.2) is 8.78 Å². The Morgan fingerprint density at radius 2 is 2.00 bits per heavy atom. The summed E-state index contributed by atoms with van der Waals surface area (Å²) in [6.45, 7) is 3.65. The van der Waals surface area contributed by atoms with E-state index in [1.54, 1.807) is 25.8 Å². The molecule has 0 radical (unpaired) electrons. The molecule has 1 rings (SSSR count). The average molecular weight is 224 g/mol. The fraction of sp³-hybridized carbons (Fsp3) is 0.417. The highest BCUT2D eigenvalue weighted by molar-refractivity contribution is 5.19. The molecular formula is C12H14F2N2. The van der Waals surface area contributed by atoms with Crippen molar-refractivity contribution in [3.8, 4) is 6.07 Å². The topological polar surface area (TPSA) is 27.0 Å². The van der Waals surface area contributed by atoms with E-state index in [2.05, 4.69) is 6.07 Å². The maximum atomic E-state index is 13.3. The van der Waals surface area contributed by atoms with Crippen molar-refractivity contribution < 1.29 is 8.78 Å². The van der Waals surface area contributed by atoms with Gasteiger partial charge in [0, 0.05) is 12.1 Å². The predicted octanol–water partition coefficient (Wildman–Crippen LogP) is 2.70. The Kier molecular flexibility index (Phi) is 3.61. The number of nitriles is 1. The van der Waals surface area contributed by atoms with Gasteiger partial charge in [-0.1, -0.05) is 0 Å². The summed E-state index contributed by atoms with van der Waals surface area (Å²) in [5.74, 6) is -0.929. The lowest BCUT2D eigenvalue weighted by Gasteiger charge is -2.29. The molecule has 0 amide bonds. The first-order valence-corrected chi connectivity index (χ1v) is 4.93. The molecule has 0 aliphatic heterocycles. The zero-order valence-electron chi connectivity index (χ0n) is 9.59. The number of nitrogens with zero attached hydrogens (tertiary/aromatic N) is 2. The summed E-state index contributed by atoms with van der Waals surface area (Å²) in [6.07, 6.45) is 0. The Morgan fingerprint density at radius 3 is 2.56 bits per heavy atom. The zero-order valence-corrected chi connectivity index (χ0v) is 9.59. The fourth-order valence-electron chi connectivity index (χ4n) is 1.20. The van der Waals surface area contributed by atoms with Crippen molar-refractivity contribution in [2.24, 2.45) is 0 Å². The molecule has 86 valence electrons. The normalized spacial score (nSPS) is 11.6. The van der Waals surface area contributed by atoms with Crippen LogP contribution in [0.1, 0.15) is 19.4 Å². The van der Waals surface area contributed by atoms with Gasteiger partial charge in [-0.05, 0) is 39.1 Å². The number of hydrogen-bond acceptors (Lipinski definition) is 2. The van der Waals surface area contributed by atoms with Gasteiger partial charge in [0.05, 0.1) is 6.07 Å². The Morgan fingerprint density at radius 1 is 1.38 bits per heavy atom. The quantitative estimate of drug-likeness (QED) is 0.789. The van der Waals surface area contributed by atoms with Gasteiger partial charge in [0.25, 0.3) is 0 Å². The summed E-state index contributed by atoms with van der Waals surface area (Å²) in [6, 6.07) is 5.43. The van der Waals surface area contributed by atoms with Gasteiger partial charge in [-0.15, -0.1) is 0 Å². The molecule has 0 saturated heterocycles. The van der Waals surface area contributed by atoms with Crippen LogP contribution in [0.2, 0.25) is 0 Å². The highest BCUT2D eigenvalue weighted by Gasteiger charge is 2.23. The summed E-state index contributed by atoms with van der Waals surface area (Å²) >= 11 is 0. The Bertz CT molecular complexity index is 422. The number of hydrogen-bond donors (Lipinski definition) is 0. The van der Waals surface area contributed by atoms with E-state index in [0.717, 1.165) is 18.2 Å². The van der Waals surface area contributed by atoms with Gasteiger partial charge in [0.1, 0.15) is 17.2 Å². The van der Waals surface area contributed by atoms with Crippen molar-refractivity contribution in [2.45, 2.75) is 25.9 Å². The third-order valence-electron chi connectivity index (χ3n) is 2.64. The van der Waals surface area contributed by atoms with Crippen molar-refractivity contribution in [2.75, 3.05) is 7.05 Å². The van der Waals surface area contributed by atoms with Crippen LogP contribution in [-0.4, -0.2) is 17.5 Å². The lowest BCUT2D eigenvalue weighted by atomic mass is 10.0. The maximum absolute atomic E-state index is 13.3. The van der Waals surface area contributed by atoms with Gasteiger partial charge >= 0.3 is 0 Å². The number of benzene rings is 1. The SMILES string of the molecule is CN(Cc1cc(F)ccc1F)C(C)(C)C#N. The molecule has 0 aromatic heterocycles. The lowest BCUT2D eigenvalue weighted by Crippen LogP contribution is -2.39. The number of halogens is 2. The van der Waals surface area contributed by atoms with Crippen molar-refractivity contribution in [3.63, 3.8) is 0 Å². The molecule has 1 aromatic rings. The predicted molar refractivity (Wildman–Crippen MR) is 57.5 cm³/mol. The largest absolute Gasteiger partial charge is 0.285 e. The molecular weight excluding hydrogens is 210 g/mol. The zero-order chi connectivity index (χ0) is 12.3. The number of rotatable bonds is 3. The molecule has 1 aromatic carbocycles. The molecule has 0 atom stereocenters. The van der Waals surface area contributed by atoms with Gasteiger partial charge < -0.3 is 0 Å².